The van der Waals surface area contributed by atoms with Gasteiger partial charge in [-0.15, -0.1) is 0 Å². The standard InChI is InChI=1S/C19H20FN7O.2C2HF3O2/c1-11-9-27-10-12(6-14(20)19(27)22-11)23-18-13-7-17(28)16(8-15(13)24-25-18)26-4-2-21-3-5-26;2*3-2(4,5)1(6)7/h6-10,21,28H,2-5H2,1H3,(H2,23,24,25);2*(H,6,7). The van der Waals surface area contributed by atoms with Gasteiger partial charge in [-0.05, 0) is 19.1 Å². The van der Waals surface area contributed by atoms with E-state index in [0.29, 0.717) is 11.5 Å². The van der Waals surface area contributed by atoms with Gasteiger partial charge in [0.2, 0.25) is 0 Å². The van der Waals surface area contributed by atoms with Crippen molar-refractivity contribution in [1.29, 1.82) is 0 Å². The van der Waals surface area contributed by atoms with E-state index in [-0.39, 0.29) is 11.4 Å². The third-order valence-electron chi connectivity index (χ3n) is 5.49. The summed E-state index contributed by atoms with van der Waals surface area (Å²) < 4.78 is 79.4. The third kappa shape index (κ3) is 7.89. The highest BCUT2D eigenvalue weighted by molar-refractivity contribution is 5.95. The highest BCUT2D eigenvalue weighted by Gasteiger charge is 2.38. The highest BCUT2D eigenvalue weighted by atomic mass is 19.4. The van der Waals surface area contributed by atoms with Crippen molar-refractivity contribution in [3.8, 4) is 5.75 Å². The summed E-state index contributed by atoms with van der Waals surface area (Å²) in [5.74, 6) is -5.21. The number of phenolic OH excluding ortho intramolecular Hbond substituents is 1. The van der Waals surface area contributed by atoms with Crippen LogP contribution in [0.15, 0.2) is 30.6 Å². The molecule has 0 saturated carbocycles. The Morgan fingerprint density at radius 2 is 1.55 bits per heavy atom. The van der Waals surface area contributed by atoms with Crippen molar-refractivity contribution in [2.24, 2.45) is 0 Å². The molecule has 1 aliphatic rings. The summed E-state index contributed by atoms with van der Waals surface area (Å²) in [5, 5.41) is 39.3. The molecule has 42 heavy (non-hydrogen) atoms. The maximum Gasteiger partial charge on any atom is 0.490 e. The Labute approximate surface area is 230 Å². The van der Waals surface area contributed by atoms with E-state index in [1.807, 2.05) is 13.0 Å². The first-order valence-corrected chi connectivity index (χ1v) is 11.7. The Morgan fingerprint density at radius 3 is 2.10 bits per heavy atom. The maximum absolute atomic E-state index is 14.3. The van der Waals surface area contributed by atoms with E-state index in [2.05, 4.69) is 30.7 Å². The lowest BCUT2D eigenvalue weighted by Crippen LogP contribution is -2.43. The van der Waals surface area contributed by atoms with Crippen molar-refractivity contribution in [3.63, 3.8) is 0 Å². The molecule has 1 aromatic carbocycles. The van der Waals surface area contributed by atoms with Crippen molar-refractivity contribution in [2.45, 2.75) is 19.3 Å². The van der Waals surface area contributed by atoms with E-state index < -0.39 is 30.1 Å². The summed E-state index contributed by atoms with van der Waals surface area (Å²) in [6.07, 6.45) is -6.65. The number of nitrogens with one attached hydrogen (secondary N) is 3. The number of aryl methyl sites for hydroxylation is 1. The van der Waals surface area contributed by atoms with Gasteiger partial charge in [-0.3, -0.25) is 5.10 Å². The van der Waals surface area contributed by atoms with E-state index in [0.717, 1.165) is 48.5 Å². The van der Waals surface area contributed by atoms with E-state index in [4.69, 9.17) is 19.8 Å². The van der Waals surface area contributed by atoms with E-state index in [1.165, 1.54) is 6.07 Å². The smallest absolute Gasteiger partial charge is 0.490 e. The van der Waals surface area contributed by atoms with Gasteiger partial charge in [-0.1, -0.05) is 0 Å². The second-order valence-corrected chi connectivity index (χ2v) is 8.62. The number of nitrogens with zero attached hydrogens (tertiary/aromatic N) is 4. The largest absolute Gasteiger partial charge is 0.506 e. The van der Waals surface area contributed by atoms with Gasteiger partial charge in [-0.2, -0.15) is 31.4 Å². The Morgan fingerprint density at radius 1 is 0.976 bits per heavy atom. The number of H-pyrrole nitrogens is 1. The number of aromatic amines is 1. The average molecular weight is 609 g/mol. The predicted molar refractivity (Wildman–Crippen MR) is 133 cm³/mol. The zero-order chi connectivity index (χ0) is 31.4. The van der Waals surface area contributed by atoms with Crippen LogP contribution in [0.4, 0.5) is 47.9 Å². The minimum Gasteiger partial charge on any atom is -0.506 e. The number of halogens is 7. The number of carboxylic acid groups (broad SMARTS) is 2. The lowest BCUT2D eigenvalue weighted by Gasteiger charge is -2.29. The minimum atomic E-state index is -5.08. The number of alkyl halides is 6. The third-order valence-corrected chi connectivity index (χ3v) is 5.49. The fraction of sp³-hybridized carbons (Fsp3) is 0.304. The lowest BCUT2D eigenvalue weighted by atomic mass is 10.1. The molecule has 3 aromatic heterocycles. The van der Waals surface area contributed by atoms with Gasteiger partial charge in [0.1, 0.15) is 5.75 Å². The number of piperazine rings is 1. The average Bonchev–Trinajstić information content (AvgIpc) is 3.46. The number of hydrogen-bond donors (Lipinski definition) is 6. The zero-order valence-electron chi connectivity index (χ0n) is 21.3. The van der Waals surface area contributed by atoms with E-state index >= 15 is 0 Å². The molecule has 6 N–H and O–H groups in total. The Bertz CT molecular complexity index is 1550. The number of imidazole rings is 1. The normalized spacial score (nSPS) is 13.7. The number of hydrogen-bond acceptors (Lipinski definition) is 8. The second-order valence-electron chi connectivity index (χ2n) is 8.62. The summed E-state index contributed by atoms with van der Waals surface area (Å²) in [5.41, 5.74) is 3.15. The first kappa shape index (κ1) is 31.7. The summed E-state index contributed by atoms with van der Waals surface area (Å²) in [6.45, 7) is 5.26. The first-order chi connectivity index (χ1) is 19.5. The fourth-order valence-corrected chi connectivity index (χ4v) is 3.68. The van der Waals surface area contributed by atoms with Crippen LogP contribution in [-0.4, -0.2) is 85.4 Å². The summed E-state index contributed by atoms with van der Waals surface area (Å²) >= 11 is 0. The molecule has 4 heterocycles. The van der Waals surface area contributed by atoms with Gasteiger partial charge in [0, 0.05) is 50.0 Å². The van der Waals surface area contributed by atoms with Crippen LogP contribution in [0.5, 0.6) is 5.75 Å². The van der Waals surface area contributed by atoms with Crippen LogP contribution in [0.3, 0.4) is 0 Å². The molecular formula is C23H22F7N7O5. The summed E-state index contributed by atoms with van der Waals surface area (Å²) in [4.78, 5) is 24.1. The minimum absolute atomic E-state index is 0.200. The van der Waals surface area contributed by atoms with E-state index in [1.54, 1.807) is 22.9 Å². The lowest BCUT2D eigenvalue weighted by molar-refractivity contribution is -0.193. The molecule has 1 fully saturated rings. The first-order valence-electron chi connectivity index (χ1n) is 11.7. The second kappa shape index (κ2) is 12.4. The number of carboxylic acids is 2. The van der Waals surface area contributed by atoms with Crippen molar-refractivity contribution in [1.82, 2.24) is 24.9 Å². The van der Waals surface area contributed by atoms with Crippen molar-refractivity contribution in [3.05, 3.63) is 42.1 Å². The van der Waals surface area contributed by atoms with Gasteiger partial charge in [0.25, 0.3) is 0 Å². The molecule has 19 heteroatoms. The van der Waals surface area contributed by atoms with Crippen molar-refractivity contribution in [2.75, 3.05) is 36.4 Å². The van der Waals surface area contributed by atoms with Crippen LogP contribution in [0.25, 0.3) is 16.6 Å². The van der Waals surface area contributed by atoms with Crippen LogP contribution < -0.4 is 15.5 Å². The molecule has 0 aliphatic carbocycles. The van der Waals surface area contributed by atoms with E-state index in [9.17, 15) is 35.8 Å². The number of aliphatic carboxylic acids is 2. The maximum atomic E-state index is 14.3. The monoisotopic (exact) mass is 609 g/mol. The fourth-order valence-electron chi connectivity index (χ4n) is 3.68. The topological polar surface area (TPSA) is 168 Å². The molecule has 228 valence electrons. The quantitative estimate of drug-likeness (QED) is 0.188. The number of anilines is 3. The molecule has 0 radical (unpaired) electrons. The number of aromatic hydroxyl groups is 1. The zero-order valence-corrected chi connectivity index (χ0v) is 21.3. The van der Waals surface area contributed by atoms with Gasteiger partial charge in [0.05, 0.1) is 22.6 Å². The molecule has 12 nitrogen and oxygen atoms in total. The van der Waals surface area contributed by atoms with Gasteiger partial charge in [-0.25, -0.2) is 19.0 Å². The Balaban J connectivity index is 0.000000289. The number of carbonyl (C=O) groups is 2. The molecule has 1 aliphatic heterocycles. The number of benzene rings is 1. The number of fused-ring (bicyclic) bond motifs is 2. The van der Waals surface area contributed by atoms with Crippen LogP contribution in [0, 0.1) is 12.7 Å². The number of rotatable bonds is 3. The molecule has 1 saturated heterocycles. The molecule has 5 rings (SSSR count). The molecule has 0 amide bonds. The molecular weight excluding hydrogens is 587 g/mol. The number of phenols is 1. The number of pyridine rings is 1. The Kier molecular flexibility index (Phi) is 9.34. The number of aromatic nitrogens is 4. The van der Waals surface area contributed by atoms with Crippen LogP contribution >= 0.6 is 0 Å². The van der Waals surface area contributed by atoms with Crippen molar-refractivity contribution < 1.29 is 55.6 Å². The van der Waals surface area contributed by atoms with Gasteiger partial charge in [0.15, 0.2) is 17.3 Å². The molecule has 4 aromatic rings. The van der Waals surface area contributed by atoms with Crippen LogP contribution in [0.1, 0.15) is 5.69 Å². The summed E-state index contributed by atoms with van der Waals surface area (Å²) in [7, 11) is 0. The van der Waals surface area contributed by atoms with Gasteiger partial charge >= 0.3 is 24.3 Å². The molecule has 0 atom stereocenters. The Hall–Kier alpha value is -4.81. The highest BCUT2D eigenvalue weighted by Crippen LogP contribution is 2.35. The van der Waals surface area contributed by atoms with Crippen LogP contribution in [0.2, 0.25) is 0 Å². The SMILES string of the molecule is Cc1cn2cc(Nc3n[nH]c4cc(N5CCNCC5)c(O)cc34)cc(F)c2n1.O=C(O)C(F)(F)F.O=C(O)C(F)(F)F. The summed E-state index contributed by atoms with van der Waals surface area (Å²) in [6, 6.07) is 4.98. The van der Waals surface area contributed by atoms with Crippen molar-refractivity contribution >= 4 is 45.7 Å². The van der Waals surface area contributed by atoms with Gasteiger partial charge < -0.3 is 35.3 Å². The molecule has 0 unspecified atom stereocenters. The van der Waals surface area contributed by atoms with Crippen LogP contribution in [-0.2, 0) is 9.59 Å². The molecule has 0 spiro atoms. The predicted octanol–water partition coefficient (Wildman–Crippen LogP) is 3.78. The molecule has 0 bridgehead atoms.